The molecule has 3 nitrogen and oxygen atoms in total. The van der Waals surface area contributed by atoms with Crippen LogP contribution >= 0.6 is 0 Å². The maximum Gasteiger partial charge on any atom is 0.305 e. The number of carboxylic acid groups (broad SMARTS) is 1. The number of nitrogens with one attached hydrogen (secondary N) is 1. The smallest absolute Gasteiger partial charge is 0.305 e. The van der Waals surface area contributed by atoms with E-state index in [0.29, 0.717) is 5.92 Å². The van der Waals surface area contributed by atoms with Gasteiger partial charge < -0.3 is 10.4 Å². The van der Waals surface area contributed by atoms with Crippen molar-refractivity contribution in [2.45, 2.75) is 39.2 Å². The summed E-state index contributed by atoms with van der Waals surface area (Å²) in [4.78, 5) is 11.2. The van der Waals surface area contributed by atoms with Crippen molar-refractivity contribution in [3.05, 3.63) is 35.9 Å². The third-order valence-electron chi connectivity index (χ3n) is 3.05. The van der Waals surface area contributed by atoms with E-state index >= 15 is 0 Å². The summed E-state index contributed by atoms with van der Waals surface area (Å²) in [6.07, 6.45) is 0.931. The van der Waals surface area contributed by atoms with Gasteiger partial charge in [-0.15, -0.1) is 0 Å². The van der Waals surface area contributed by atoms with Gasteiger partial charge in [-0.3, -0.25) is 4.79 Å². The Morgan fingerprint density at radius 3 is 2.39 bits per heavy atom. The SMILES string of the molecule is CCNC(CC(=O)O)(CC(C)C)c1ccccc1. The quantitative estimate of drug-likeness (QED) is 0.781. The summed E-state index contributed by atoms with van der Waals surface area (Å²) in [5.74, 6) is -0.330. The molecule has 1 unspecified atom stereocenters. The van der Waals surface area contributed by atoms with Crippen LogP contribution in [0.4, 0.5) is 0 Å². The average Bonchev–Trinajstić information content (AvgIpc) is 2.28. The molecule has 18 heavy (non-hydrogen) atoms. The van der Waals surface area contributed by atoms with Crippen molar-refractivity contribution in [3.63, 3.8) is 0 Å². The number of carboxylic acids is 1. The number of hydrogen-bond acceptors (Lipinski definition) is 2. The molecular formula is C15H23NO2. The van der Waals surface area contributed by atoms with E-state index in [4.69, 9.17) is 0 Å². The number of rotatable bonds is 7. The van der Waals surface area contributed by atoms with E-state index < -0.39 is 11.5 Å². The zero-order valence-electron chi connectivity index (χ0n) is 11.4. The topological polar surface area (TPSA) is 49.3 Å². The second kappa shape index (κ2) is 6.55. The van der Waals surface area contributed by atoms with Gasteiger partial charge in [-0.2, -0.15) is 0 Å². The normalized spacial score (nSPS) is 14.4. The van der Waals surface area contributed by atoms with Crippen molar-refractivity contribution in [2.24, 2.45) is 5.92 Å². The van der Waals surface area contributed by atoms with Crippen molar-refractivity contribution in [2.75, 3.05) is 6.54 Å². The van der Waals surface area contributed by atoms with Crippen LogP contribution in [0.1, 0.15) is 39.2 Å². The average molecular weight is 249 g/mol. The summed E-state index contributed by atoms with van der Waals surface area (Å²) in [6.45, 7) is 7.02. The van der Waals surface area contributed by atoms with E-state index in [-0.39, 0.29) is 6.42 Å². The van der Waals surface area contributed by atoms with Gasteiger partial charge in [0.05, 0.1) is 12.0 Å². The second-order valence-electron chi connectivity index (χ2n) is 5.15. The van der Waals surface area contributed by atoms with Crippen LogP contribution in [0.15, 0.2) is 30.3 Å². The van der Waals surface area contributed by atoms with Crippen LogP contribution in [0.2, 0.25) is 0 Å². The predicted molar refractivity (Wildman–Crippen MR) is 73.5 cm³/mol. The minimum Gasteiger partial charge on any atom is -0.481 e. The number of aliphatic carboxylic acids is 1. The van der Waals surface area contributed by atoms with Crippen LogP contribution in [0.3, 0.4) is 0 Å². The van der Waals surface area contributed by atoms with E-state index in [1.54, 1.807) is 0 Å². The van der Waals surface area contributed by atoms with Gasteiger partial charge in [-0.25, -0.2) is 0 Å². The first kappa shape index (κ1) is 14.7. The molecule has 0 heterocycles. The van der Waals surface area contributed by atoms with Crippen LogP contribution in [-0.4, -0.2) is 17.6 Å². The van der Waals surface area contributed by atoms with Gasteiger partial charge in [-0.05, 0) is 24.4 Å². The van der Waals surface area contributed by atoms with Crippen LogP contribution in [0.25, 0.3) is 0 Å². The van der Waals surface area contributed by atoms with Crippen molar-refractivity contribution < 1.29 is 9.90 Å². The van der Waals surface area contributed by atoms with Crippen molar-refractivity contribution in [1.82, 2.24) is 5.32 Å². The van der Waals surface area contributed by atoms with Gasteiger partial charge in [0.15, 0.2) is 0 Å². The number of hydrogen-bond donors (Lipinski definition) is 2. The lowest BCUT2D eigenvalue weighted by molar-refractivity contribution is -0.139. The lowest BCUT2D eigenvalue weighted by Gasteiger charge is -2.35. The van der Waals surface area contributed by atoms with Crippen LogP contribution in [0.5, 0.6) is 0 Å². The number of carbonyl (C=O) groups is 1. The van der Waals surface area contributed by atoms with Gasteiger partial charge in [0.25, 0.3) is 0 Å². The highest BCUT2D eigenvalue weighted by molar-refractivity contribution is 5.69. The fourth-order valence-corrected chi connectivity index (χ4v) is 2.58. The first-order chi connectivity index (χ1) is 8.50. The van der Waals surface area contributed by atoms with Crippen molar-refractivity contribution in [3.8, 4) is 0 Å². The van der Waals surface area contributed by atoms with Gasteiger partial charge in [-0.1, -0.05) is 51.1 Å². The molecule has 1 aromatic carbocycles. The zero-order valence-corrected chi connectivity index (χ0v) is 11.4. The maximum absolute atomic E-state index is 11.2. The van der Waals surface area contributed by atoms with Crippen molar-refractivity contribution in [1.29, 1.82) is 0 Å². The Morgan fingerprint density at radius 2 is 1.94 bits per heavy atom. The largest absolute Gasteiger partial charge is 0.481 e. The molecule has 0 aliphatic carbocycles. The van der Waals surface area contributed by atoms with Gasteiger partial charge in [0.2, 0.25) is 0 Å². The Bertz CT molecular complexity index is 375. The molecule has 0 aliphatic rings. The summed E-state index contributed by atoms with van der Waals surface area (Å²) in [7, 11) is 0. The summed E-state index contributed by atoms with van der Waals surface area (Å²) < 4.78 is 0. The second-order valence-corrected chi connectivity index (χ2v) is 5.15. The van der Waals surface area contributed by atoms with E-state index in [9.17, 15) is 9.90 Å². The van der Waals surface area contributed by atoms with Gasteiger partial charge in [0, 0.05) is 0 Å². The molecule has 0 spiro atoms. The van der Waals surface area contributed by atoms with Gasteiger partial charge in [0.1, 0.15) is 0 Å². The van der Waals surface area contributed by atoms with Crippen molar-refractivity contribution >= 4 is 5.97 Å². The van der Waals surface area contributed by atoms with E-state index in [1.807, 2.05) is 37.3 Å². The molecule has 0 fully saturated rings. The molecule has 1 aromatic rings. The molecule has 0 saturated heterocycles. The highest BCUT2D eigenvalue weighted by Crippen LogP contribution is 2.32. The Kier molecular flexibility index (Phi) is 5.35. The van der Waals surface area contributed by atoms with E-state index in [1.165, 1.54) is 0 Å². The molecule has 0 aliphatic heterocycles. The van der Waals surface area contributed by atoms with E-state index in [0.717, 1.165) is 18.5 Å². The molecule has 0 bridgehead atoms. The Hall–Kier alpha value is -1.35. The van der Waals surface area contributed by atoms with E-state index in [2.05, 4.69) is 19.2 Å². The minimum absolute atomic E-state index is 0.114. The molecule has 2 N–H and O–H groups in total. The lowest BCUT2D eigenvalue weighted by Crippen LogP contribution is -2.45. The monoisotopic (exact) mass is 249 g/mol. The summed E-state index contributed by atoms with van der Waals surface area (Å²) in [5.41, 5.74) is 0.596. The maximum atomic E-state index is 11.2. The molecule has 100 valence electrons. The molecule has 3 heteroatoms. The van der Waals surface area contributed by atoms with Crippen LogP contribution in [0, 0.1) is 5.92 Å². The highest BCUT2D eigenvalue weighted by Gasteiger charge is 2.34. The Balaban J connectivity index is 3.14. The molecule has 0 radical (unpaired) electrons. The standard InChI is InChI=1S/C15H23NO2/c1-4-16-15(10-12(2)3,11-14(17)18)13-8-6-5-7-9-13/h5-9,12,16H,4,10-11H2,1-3H3,(H,17,18). The van der Waals surface area contributed by atoms with Crippen LogP contribution < -0.4 is 5.32 Å². The van der Waals surface area contributed by atoms with Gasteiger partial charge >= 0.3 is 5.97 Å². The number of benzene rings is 1. The minimum atomic E-state index is -0.763. The molecule has 1 rings (SSSR count). The summed E-state index contributed by atoms with van der Waals surface area (Å²) in [6, 6.07) is 9.89. The molecule has 0 saturated carbocycles. The first-order valence-electron chi connectivity index (χ1n) is 6.52. The Labute approximate surface area is 109 Å². The third-order valence-corrected chi connectivity index (χ3v) is 3.05. The summed E-state index contributed by atoms with van der Waals surface area (Å²) in [5, 5.41) is 12.6. The first-order valence-corrected chi connectivity index (χ1v) is 6.52. The molecule has 1 atom stereocenters. The molecule has 0 aromatic heterocycles. The molecular weight excluding hydrogens is 226 g/mol. The highest BCUT2D eigenvalue weighted by atomic mass is 16.4. The molecule has 0 amide bonds. The fraction of sp³-hybridized carbons (Fsp3) is 0.533. The zero-order chi connectivity index (χ0) is 13.6. The fourth-order valence-electron chi connectivity index (χ4n) is 2.58. The Morgan fingerprint density at radius 1 is 1.33 bits per heavy atom. The predicted octanol–water partition coefficient (Wildman–Crippen LogP) is 3.01. The third kappa shape index (κ3) is 3.84. The van der Waals surface area contributed by atoms with Crippen LogP contribution in [-0.2, 0) is 10.3 Å². The lowest BCUT2D eigenvalue weighted by atomic mass is 9.79. The summed E-state index contributed by atoms with van der Waals surface area (Å²) >= 11 is 0.